The largest absolute Gasteiger partial charge is 0.484 e. The van der Waals surface area contributed by atoms with Crippen molar-refractivity contribution < 1.29 is 14.3 Å². The van der Waals surface area contributed by atoms with Gasteiger partial charge in [-0.25, -0.2) is 0 Å². The third-order valence-corrected chi connectivity index (χ3v) is 3.58. The Morgan fingerprint density at radius 2 is 1.75 bits per heavy atom. The molecule has 0 fully saturated rings. The SMILES string of the molecule is CC(C)NC(=O)c1ccccc1NC(=O)COc1ccc(Br)cc1. The Hall–Kier alpha value is -2.34. The van der Waals surface area contributed by atoms with Crippen molar-refractivity contribution in [3.05, 3.63) is 58.6 Å². The van der Waals surface area contributed by atoms with Crippen molar-refractivity contribution in [3.8, 4) is 5.75 Å². The summed E-state index contributed by atoms with van der Waals surface area (Å²) in [5.74, 6) is 0.0385. The number of ether oxygens (including phenoxy) is 1. The van der Waals surface area contributed by atoms with Crippen LogP contribution < -0.4 is 15.4 Å². The smallest absolute Gasteiger partial charge is 0.262 e. The third kappa shape index (κ3) is 5.38. The second kappa shape index (κ2) is 8.49. The van der Waals surface area contributed by atoms with Gasteiger partial charge in [0.25, 0.3) is 11.8 Å². The molecule has 2 N–H and O–H groups in total. The van der Waals surface area contributed by atoms with E-state index in [0.29, 0.717) is 17.0 Å². The van der Waals surface area contributed by atoms with Crippen LogP contribution in [0.5, 0.6) is 5.75 Å². The number of carbonyl (C=O) groups is 2. The number of para-hydroxylation sites is 1. The van der Waals surface area contributed by atoms with E-state index in [-0.39, 0.29) is 24.5 Å². The zero-order chi connectivity index (χ0) is 17.5. The van der Waals surface area contributed by atoms with Crippen LogP contribution >= 0.6 is 15.9 Å². The first-order chi connectivity index (χ1) is 11.5. The van der Waals surface area contributed by atoms with Gasteiger partial charge in [-0.15, -0.1) is 0 Å². The third-order valence-electron chi connectivity index (χ3n) is 3.05. The average Bonchev–Trinajstić information content (AvgIpc) is 2.54. The molecule has 2 rings (SSSR count). The molecule has 0 unspecified atom stereocenters. The summed E-state index contributed by atoms with van der Waals surface area (Å²) in [6.07, 6.45) is 0. The van der Waals surface area contributed by atoms with E-state index in [0.717, 1.165) is 4.47 Å². The van der Waals surface area contributed by atoms with E-state index in [1.165, 1.54) is 0 Å². The van der Waals surface area contributed by atoms with Gasteiger partial charge in [-0.1, -0.05) is 28.1 Å². The fourth-order valence-corrected chi connectivity index (χ4v) is 2.26. The molecule has 0 aliphatic rings. The molecule has 2 aromatic rings. The van der Waals surface area contributed by atoms with Crippen molar-refractivity contribution >= 4 is 33.4 Å². The van der Waals surface area contributed by atoms with Crippen LogP contribution in [-0.4, -0.2) is 24.5 Å². The highest BCUT2D eigenvalue weighted by Crippen LogP contribution is 2.17. The van der Waals surface area contributed by atoms with Crippen LogP contribution in [0.2, 0.25) is 0 Å². The molecule has 6 heteroatoms. The average molecular weight is 391 g/mol. The highest BCUT2D eigenvalue weighted by Gasteiger charge is 2.14. The van der Waals surface area contributed by atoms with Gasteiger partial charge in [-0.05, 0) is 50.2 Å². The fourth-order valence-electron chi connectivity index (χ4n) is 2.00. The van der Waals surface area contributed by atoms with Crippen LogP contribution in [-0.2, 0) is 4.79 Å². The molecule has 5 nitrogen and oxygen atoms in total. The van der Waals surface area contributed by atoms with E-state index >= 15 is 0 Å². The summed E-state index contributed by atoms with van der Waals surface area (Å²) in [4.78, 5) is 24.2. The summed E-state index contributed by atoms with van der Waals surface area (Å²) in [6.45, 7) is 3.62. The predicted octanol–water partition coefficient (Wildman–Crippen LogP) is 3.60. The molecule has 0 aliphatic heterocycles. The lowest BCUT2D eigenvalue weighted by molar-refractivity contribution is -0.118. The number of benzene rings is 2. The molecular formula is C18H19BrN2O3. The quantitative estimate of drug-likeness (QED) is 0.791. The Kier molecular flexibility index (Phi) is 6.37. The molecular weight excluding hydrogens is 372 g/mol. The Morgan fingerprint density at radius 1 is 1.08 bits per heavy atom. The maximum absolute atomic E-state index is 12.2. The van der Waals surface area contributed by atoms with Crippen LogP contribution in [0, 0.1) is 0 Å². The predicted molar refractivity (Wildman–Crippen MR) is 97.3 cm³/mol. The van der Waals surface area contributed by atoms with Gasteiger partial charge in [0.05, 0.1) is 11.3 Å². The summed E-state index contributed by atoms with van der Waals surface area (Å²) in [5, 5.41) is 5.52. The Bertz CT molecular complexity index is 714. The van der Waals surface area contributed by atoms with Crippen molar-refractivity contribution in [2.24, 2.45) is 0 Å². The first kappa shape index (κ1) is 18.0. The Balaban J connectivity index is 1.98. The first-order valence-electron chi connectivity index (χ1n) is 7.54. The van der Waals surface area contributed by atoms with Crippen molar-refractivity contribution in [1.82, 2.24) is 5.32 Å². The lowest BCUT2D eigenvalue weighted by Crippen LogP contribution is -2.31. The second-order valence-corrected chi connectivity index (χ2v) is 6.38. The number of rotatable bonds is 6. The molecule has 126 valence electrons. The molecule has 0 radical (unpaired) electrons. The van der Waals surface area contributed by atoms with Crippen molar-refractivity contribution in [1.29, 1.82) is 0 Å². The summed E-state index contributed by atoms with van der Waals surface area (Å²) >= 11 is 3.34. The van der Waals surface area contributed by atoms with Gasteiger partial charge in [-0.2, -0.15) is 0 Å². The molecule has 0 atom stereocenters. The van der Waals surface area contributed by atoms with Gasteiger partial charge in [0.1, 0.15) is 5.75 Å². The lowest BCUT2D eigenvalue weighted by Gasteiger charge is -2.13. The second-order valence-electron chi connectivity index (χ2n) is 5.46. The van der Waals surface area contributed by atoms with Gasteiger partial charge in [-0.3, -0.25) is 9.59 Å². The molecule has 0 heterocycles. The van der Waals surface area contributed by atoms with Crippen LogP contribution in [0.3, 0.4) is 0 Å². The minimum Gasteiger partial charge on any atom is -0.484 e. The number of amides is 2. The molecule has 2 aromatic carbocycles. The van der Waals surface area contributed by atoms with Gasteiger partial charge in [0.2, 0.25) is 0 Å². The van der Waals surface area contributed by atoms with E-state index in [9.17, 15) is 9.59 Å². The van der Waals surface area contributed by atoms with Crippen molar-refractivity contribution in [2.75, 3.05) is 11.9 Å². The van der Waals surface area contributed by atoms with Gasteiger partial charge in [0, 0.05) is 10.5 Å². The number of nitrogens with one attached hydrogen (secondary N) is 2. The maximum atomic E-state index is 12.2. The first-order valence-corrected chi connectivity index (χ1v) is 8.33. The molecule has 0 saturated heterocycles. The minimum atomic E-state index is -0.331. The topological polar surface area (TPSA) is 67.4 Å². The minimum absolute atomic E-state index is 0.0157. The molecule has 24 heavy (non-hydrogen) atoms. The number of carbonyl (C=O) groups excluding carboxylic acids is 2. The lowest BCUT2D eigenvalue weighted by atomic mass is 10.1. The van der Waals surface area contributed by atoms with E-state index in [2.05, 4.69) is 26.6 Å². The monoisotopic (exact) mass is 390 g/mol. The van der Waals surface area contributed by atoms with Gasteiger partial charge in [0.15, 0.2) is 6.61 Å². The zero-order valence-corrected chi connectivity index (χ0v) is 15.1. The number of anilines is 1. The molecule has 0 aliphatic carbocycles. The summed E-state index contributed by atoms with van der Waals surface area (Å²) in [6, 6.07) is 14.1. The van der Waals surface area contributed by atoms with Gasteiger partial charge >= 0.3 is 0 Å². The van der Waals surface area contributed by atoms with E-state index in [1.54, 1.807) is 36.4 Å². The van der Waals surface area contributed by atoms with Crippen molar-refractivity contribution in [3.63, 3.8) is 0 Å². The van der Waals surface area contributed by atoms with Crippen LogP contribution in [0.15, 0.2) is 53.0 Å². The molecule has 0 aromatic heterocycles. The highest BCUT2D eigenvalue weighted by atomic mass is 79.9. The van der Waals surface area contributed by atoms with Gasteiger partial charge < -0.3 is 15.4 Å². The standard InChI is InChI=1S/C18H19BrN2O3/c1-12(2)20-18(23)15-5-3-4-6-16(15)21-17(22)11-24-14-9-7-13(19)8-10-14/h3-10,12H,11H2,1-2H3,(H,20,23)(H,21,22). The zero-order valence-electron chi connectivity index (χ0n) is 13.5. The van der Waals surface area contributed by atoms with E-state index < -0.39 is 0 Å². The number of halogens is 1. The molecule has 2 amide bonds. The Labute approximate surface area is 149 Å². The van der Waals surface area contributed by atoms with Crippen LogP contribution in [0.1, 0.15) is 24.2 Å². The molecule has 0 bridgehead atoms. The highest BCUT2D eigenvalue weighted by molar-refractivity contribution is 9.10. The summed E-state index contributed by atoms with van der Waals surface area (Å²) in [5.41, 5.74) is 0.878. The molecule has 0 saturated carbocycles. The summed E-state index contributed by atoms with van der Waals surface area (Å²) < 4.78 is 6.36. The van der Waals surface area contributed by atoms with E-state index in [1.807, 2.05) is 26.0 Å². The normalized spacial score (nSPS) is 10.3. The Morgan fingerprint density at radius 3 is 2.42 bits per heavy atom. The van der Waals surface area contributed by atoms with E-state index in [4.69, 9.17) is 4.74 Å². The molecule has 0 spiro atoms. The van der Waals surface area contributed by atoms with Crippen LogP contribution in [0.25, 0.3) is 0 Å². The van der Waals surface area contributed by atoms with Crippen LogP contribution in [0.4, 0.5) is 5.69 Å². The maximum Gasteiger partial charge on any atom is 0.262 e. The number of hydrogen-bond donors (Lipinski definition) is 2. The van der Waals surface area contributed by atoms with Crippen molar-refractivity contribution in [2.45, 2.75) is 19.9 Å². The summed E-state index contributed by atoms with van der Waals surface area (Å²) in [7, 11) is 0. The number of hydrogen-bond acceptors (Lipinski definition) is 3. The fraction of sp³-hybridized carbons (Fsp3) is 0.222.